The van der Waals surface area contributed by atoms with Crippen LogP contribution in [0.25, 0.3) is 0 Å². The monoisotopic (exact) mass is 283 g/mol. The minimum atomic E-state index is -1.03. The van der Waals surface area contributed by atoms with Gasteiger partial charge in [-0.2, -0.15) is 0 Å². The second-order valence-corrected chi connectivity index (χ2v) is 5.30. The van der Waals surface area contributed by atoms with E-state index < -0.39 is 5.97 Å². The first-order valence-electron chi connectivity index (χ1n) is 7.03. The van der Waals surface area contributed by atoms with Gasteiger partial charge in [-0.05, 0) is 36.6 Å². The Balaban J connectivity index is 1.86. The molecule has 4 nitrogen and oxygen atoms in total. The van der Waals surface area contributed by atoms with Gasteiger partial charge >= 0.3 is 5.97 Å². The van der Waals surface area contributed by atoms with Crippen molar-refractivity contribution in [3.05, 3.63) is 59.2 Å². The molecule has 0 atom stereocenters. The van der Waals surface area contributed by atoms with Gasteiger partial charge in [-0.1, -0.05) is 24.3 Å². The van der Waals surface area contributed by atoms with Crippen LogP contribution in [0, 0.1) is 0 Å². The number of hydrogen-bond acceptors (Lipinski definition) is 3. The first kappa shape index (κ1) is 13.5. The molecule has 0 bridgehead atoms. The van der Waals surface area contributed by atoms with Crippen LogP contribution in [0.1, 0.15) is 27.9 Å². The molecule has 0 saturated heterocycles. The summed E-state index contributed by atoms with van der Waals surface area (Å²) in [6, 6.07) is 12.8. The summed E-state index contributed by atoms with van der Waals surface area (Å²) in [6.07, 6.45) is 2.17. The van der Waals surface area contributed by atoms with Crippen LogP contribution in [0.5, 0.6) is 5.75 Å². The number of carboxylic acids is 1. The third-order valence-corrected chi connectivity index (χ3v) is 3.90. The quantitative estimate of drug-likeness (QED) is 0.909. The molecule has 1 aliphatic heterocycles. The molecular weight excluding hydrogens is 266 g/mol. The second-order valence-electron chi connectivity index (χ2n) is 5.30. The fraction of sp³-hybridized carbons (Fsp3) is 0.235. The number of anilines is 1. The fourth-order valence-corrected chi connectivity index (χ4v) is 2.81. The molecule has 0 aromatic heterocycles. The third-order valence-electron chi connectivity index (χ3n) is 3.90. The maximum atomic E-state index is 10.9. The van der Waals surface area contributed by atoms with E-state index >= 15 is 0 Å². The van der Waals surface area contributed by atoms with E-state index in [9.17, 15) is 9.90 Å². The number of rotatable bonds is 3. The van der Waals surface area contributed by atoms with Gasteiger partial charge in [-0.3, -0.25) is 0 Å². The number of aryl methyl sites for hydroxylation is 1. The molecule has 0 aliphatic carbocycles. The smallest absolute Gasteiger partial charge is 0.335 e. The van der Waals surface area contributed by atoms with Crippen molar-refractivity contribution in [2.24, 2.45) is 0 Å². The van der Waals surface area contributed by atoms with Crippen LogP contribution in [-0.2, 0) is 13.0 Å². The van der Waals surface area contributed by atoms with E-state index in [1.807, 2.05) is 12.1 Å². The van der Waals surface area contributed by atoms with Crippen LogP contribution < -0.4 is 4.90 Å². The maximum Gasteiger partial charge on any atom is 0.335 e. The van der Waals surface area contributed by atoms with E-state index in [4.69, 9.17) is 5.11 Å². The highest BCUT2D eigenvalue weighted by molar-refractivity contribution is 5.88. The summed E-state index contributed by atoms with van der Waals surface area (Å²) in [5, 5.41) is 19.0. The second kappa shape index (κ2) is 5.48. The van der Waals surface area contributed by atoms with Crippen LogP contribution in [0.4, 0.5) is 5.69 Å². The van der Waals surface area contributed by atoms with Crippen molar-refractivity contribution in [3.8, 4) is 5.75 Å². The molecule has 0 spiro atoms. The minimum absolute atomic E-state index is 0.0398. The summed E-state index contributed by atoms with van der Waals surface area (Å²) >= 11 is 0. The Morgan fingerprint density at radius 2 is 2.00 bits per heavy atom. The van der Waals surface area contributed by atoms with Crippen molar-refractivity contribution < 1.29 is 15.0 Å². The Morgan fingerprint density at radius 1 is 1.19 bits per heavy atom. The summed E-state index contributed by atoms with van der Waals surface area (Å²) in [5.41, 5.74) is 3.38. The minimum Gasteiger partial charge on any atom is -0.508 e. The number of carboxylic acid groups (broad SMARTS) is 1. The van der Waals surface area contributed by atoms with Crippen LogP contribution in [0.3, 0.4) is 0 Å². The number of phenols is 1. The Hall–Kier alpha value is -2.49. The molecule has 2 N–H and O–H groups in total. The zero-order chi connectivity index (χ0) is 14.8. The lowest BCUT2D eigenvalue weighted by Gasteiger charge is -2.31. The first-order valence-corrected chi connectivity index (χ1v) is 7.03. The molecule has 1 aliphatic rings. The highest BCUT2D eigenvalue weighted by Gasteiger charge is 2.18. The number of fused-ring (bicyclic) bond motifs is 1. The molecule has 1 heterocycles. The summed E-state index contributed by atoms with van der Waals surface area (Å²) in [7, 11) is 0. The fourth-order valence-electron chi connectivity index (χ4n) is 2.81. The van der Waals surface area contributed by atoms with Gasteiger partial charge in [0.1, 0.15) is 5.75 Å². The molecule has 0 saturated carbocycles. The largest absolute Gasteiger partial charge is 0.508 e. The molecule has 2 aromatic rings. The normalized spacial score (nSPS) is 13.8. The molecular formula is C17H17NO3. The predicted molar refractivity (Wildman–Crippen MR) is 80.9 cm³/mol. The van der Waals surface area contributed by atoms with E-state index in [1.165, 1.54) is 23.4 Å². The first-order chi connectivity index (χ1) is 10.1. The summed E-state index contributed by atoms with van der Waals surface area (Å²) in [5.74, 6) is -0.988. The number of para-hydroxylation sites is 1. The van der Waals surface area contributed by atoms with E-state index in [2.05, 4.69) is 17.0 Å². The Morgan fingerprint density at radius 3 is 2.76 bits per heavy atom. The molecule has 4 heteroatoms. The predicted octanol–water partition coefficient (Wildman–Crippen LogP) is 3.04. The number of nitrogens with zero attached hydrogens (tertiary/aromatic N) is 1. The SMILES string of the molecule is O=C(O)c1ccc(CN2CCCc3ccccc32)c(O)c1. The van der Waals surface area contributed by atoms with Crippen LogP contribution in [0.2, 0.25) is 0 Å². The van der Waals surface area contributed by atoms with Gasteiger partial charge < -0.3 is 15.1 Å². The molecule has 0 unspecified atom stereocenters. The summed E-state index contributed by atoms with van der Waals surface area (Å²) in [4.78, 5) is 13.1. The van der Waals surface area contributed by atoms with Crippen molar-refractivity contribution in [1.82, 2.24) is 0 Å². The lowest BCUT2D eigenvalue weighted by molar-refractivity contribution is 0.0696. The number of hydrogen-bond donors (Lipinski definition) is 2. The Kier molecular flexibility index (Phi) is 3.52. The van der Waals surface area contributed by atoms with Crippen LogP contribution in [0.15, 0.2) is 42.5 Å². The molecule has 0 fully saturated rings. The zero-order valence-electron chi connectivity index (χ0n) is 11.6. The molecule has 108 valence electrons. The Bertz CT molecular complexity index is 681. The number of carbonyl (C=O) groups is 1. The average molecular weight is 283 g/mol. The molecule has 2 aromatic carbocycles. The van der Waals surface area contributed by atoms with Gasteiger partial charge in [0.2, 0.25) is 0 Å². The highest BCUT2D eigenvalue weighted by atomic mass is 16.4. The number of aromatic carboxylic acids is 1. The van der Waals surface area contributed by atoms with Gasteiger partial charge in [-0.25, -0.2) is 4.79 Å². The number of benzene rings is 2. The molecule has 0 amide bonds. The van der Waals surface area contributed by atoms with Crippen LogP contribution in [-0.4, -0.2) is 22.7 Å². The van der Waals surface area contributed by atoms with Gasteiger partial charge in [0.25, 0.3) is 0 Å². The topological polar surface area (TPSA) is 60.8 Å². The van der Waals surface area contributed by atoms with E-state index in [-0.39, 0.29) is 11.3 Å². The highest BCUT2D eigenvalue weighted by Crippen LogP contribution is 2.30. The lowest BCUT2D eigenvalue weighted by atomic mass is 10.0. The van der Waals surface area contributed by atoms with E-state index in [0.29, 0.717) is 6.54 Å². The standard InChI is InChI=1S/C17H17NO3/c19-16-10-13(17(20)21)7-8-14(16)11-18-9-3-5-12-4-1-2-6-15(12)18/h1-2,4,6-8,10,19H,3,5,9,11H2,(H,20,21). The molecule has 3 rings (SSSR count). The Labute approximate surface area is 123 Å². The lowest BCUT2D eigenvalue weighted by Crippen LogP contribution is -2.28. The van der Waals surface area contributed by atoms with E-state index in [1.54, 1.807) is 6.07 Å². The van der Waals surface area contributed by atoms with Crippen molar-refractivity contribution >= 4 is 11.7 Å². The van der Waals surface area contributed by atoms with Gasteiger partial charge in [-0.15, -0.1) is 0 Å². The third kappa shape index (κ3) is 2.70. The van der Waals surface area contributed by atoms with Crippen molar-refractivity contribution in [2.75, 3.05) is 11.4 Å². The van der Waals surface area contributed by atoms with Gasteiger partial charge in [0, 0.05) is 24.3 Å². The summed E-state index contributed by atoms with van der Waals surface area (Å²) in [6.45, 7) is 1.53. The van der Waals surface area contributed by atoms with Crippen LogP contribution >= 0.6 is 0 Å². The van der Waals surface area contributed by atoms with Gasteiger partial charge in [0.15, 0.2) is 0 Å². The number of aromatic hydroxyl groups is 1. The zero-order valence-corrected chi connectivity index (χ0v) is 11.6. The number of phenolic OH excluding ortho intramolecular Hbond substituents is 1. The van der Waals surface area contributed by atoms with Crippen molar-refractivity contribution in [2.45, 2.75) is 19.4 Å². The van der Waals surface area contributed by atoms with Crippen molar-refractivity contribution in [3.63, 3.8) is 0 Å². The van der Waals surface area contributed by atoms with Crippen molar-refractivity contribution in [1.29, 1.82) is 0 Å². The average Bonchev–Trinajstić information content (AvgIpc) is 2.49. The molecule has 0 radical (unpaired) electrons. The van der Waals surface area contributed by atoms with E-state index in [0.717, 1.165) is 24.9 Å². The maximum absolute atomic E-state index is 10.9. The van der Waals surface area contributed by atoms with Gasteiger partial charge in [0.05, 0.1) is 5.56 Å². The molecule has 21 heavy (non-hydrogen) atoms. The summed E-state index contributed by atoms with van der Waals surface area (Å²) < 4.78 is 0.